The maximum absolute atomic E-state index is 12.3. The molecule has 2 atom stereocenters. The van der Waals surface area contributed by atoms with Crippen LogP contribution in [-0.4, -0.2) is 34.2 Å². The highest BCUT2D eigenvalue weighted by atomic mass is 16.5. The Bertz CT molecular complexity index is 645. The first kappa shape index (κ1) is 17.0. The van der Waals surface area contributed by atoms with Crippen molar-refractivity contribution in [3.8, 4) is 5.75 Å². The fourth-order valence-corrected chi connectivity index (χ4v) is 2.35. The van der Waals surface area contributed by atoms with Gasteiger partial charge in [-0.3, -0.25) is 4.79 Å². The minimum atomic E-state index is -0.679. The van der Waals surface area contributed by atoms with Crippen molar-refractivity contribution in [1.82, 2.24) is 0 Å². The quantitative estimate of drug-likeness (QED) is 0.567. The van der Waals surface area contributed by atoms with E-state index < -0.39 is 18.2 Å². The zero-order valence-electron chi connectivity index (χ0n) is 12.9. The molecule has 0 amide bonds. The number of hydrogen-bond acceptors (Lipinski definition) is 5. The predicted octanol–water partition coefficient (Wildman–Crippen LogP) is 2.32. The molecule has 1 aromatic carbocycles. The number of phenolic OH excluding ortho intramolecular Hbond substituents is 1. The SMILES string of the molecule is C[C@@H]1CC=CC(O)CC=CC(=O)Cc2cccc(O)c2C(=O)O1. The number of rotatable bonds is 0. The van der Waals surface area contributed by atoms with Gasteiger partial charge >= 0.3 is 5.97 Å². The summed E-state index contributed by atoms with van der Waals surface area (Å²) in [7, 11) is 0. The van der Waals surface area contributed by atoms with Crippen molar-refractivity contribution in [3.05, 3.63) is 53.6 Å². The summed E-state index contributed by atoms with van der Waals surface area (Å²) in [6.07, 6.45) is 6.01. The van der Waals surface area contributed by atoms with Crippen LogP contribution in [0.4, 0.5) is 0 Å². The lowest BCUT2D eigenvalue weighted by molar-refractivity contribution is -0.114. The number of aliphatic hydroxyl groups is 1. The smallest absolute Gasteiger partial charge is 0.342 e. The maximum atomic E-state index is 12.3. The first-order chi connectivity index (χ1) is 11.0. The zero-order valence-corrected chi connectivity index (χ0v) is 12.9. The molecule has 5 heteroatoms. The van der Waals surface area contributed by atoms with Crippen LogP contribution in [0.2, 0.25) is 0 Å². The van der Waals surface area contributed by atoms with E-state index in [4.69, 9.17) is 4.74 Å². The van der Waals surface area contributed by atoms with Crippen molar-refractivity contribution in [3.63, 3.8) is 0 Å². The van der Waals surface area contributed by atoms with Crippen molar-refractivity contribution in [2.75, 3.05) is 0 Å². The molecule has 2 N–H and O–H groups in total. The van der Waals surface area contributed by atoms with Crippen molar-refractivity contribution in [2.24, 2.45) is 0 Å². The van der Waals surface area contributed by atoms with Crippen LogP contribution in [0.25, 0.3) is 0 Å². The fraction of sp³-hybridized carbons (Fsp3) is 0.333. The summed E-state index contributed by atoms with van der Waals surface area (Å²) in [5, 5.41) is 19.7. The van der Waals surface area contributed by atoms with Gasteiger partial charge in [-0.1, -0.05) is 30.4 Å². The van der Waals surface area contributed by atoms with E-state index in [9.17, 15) is 19.8 Å². The highest BCUT2D eigenvalue weighted by Crippen LogP contribution is 2.24. The lowest BCUT2D eigenvalue weighted by Gasteiger charge is -2.15. The molecule has 1 heterocycles. The lowest BCUT2D eigenvalue weighted by atomic mass is 10.0. The lowest BCUT2D eigenvalue weighted by Crippen LogP contribution is -2.17. The molecular weight excluding hydrogens is 296 g/mol. The molecule has 2 rings (SSSR count). The van der Waals surface area contributed by atoms with Gasteiger partial charge in [0.05, 0.1) is 6.10 Å². The van der Waals surface area contributed by atoms with Crippen LogP contribution < -0.4 is 0 Å². The molecule has 0 aliphatic carbocycles. The molecule has 0 aromatic heterocycles. The van der Waals surface area contributed by atoms with Crippen molar-refractivity contribution in [1.29, 1.82) is 0 Å². The van der Waals surface area contributed by atoms with E-state index in [0.717, 1.165) is 0 Å². The Morgan fingerprint density at radius 1 is 1.17 bits per heavy atom. The van der Waals surface area contributed by atoms with Gasteiger partial charge in [0.25, 0.3) is 0 Å². The van der Waals surface area contributed by atoms with Crippen LogP contribution >= 0.6 is 0 Å². The Morgan fingerprint density at radius 2 is 1.96 bits per heavy atom. The highest BCUT2D eigenvalue weighted by molar-refractivity contribution is 5.98. The molecule has 5 nitrogen and oxygen atoms in total. The van der Waals surface area contributed by atoms with Gasteiger partial charge in [-0.05, 0) is 31.1 Å². The summed E-state index contributed by atoms with van der Waals surface area (Å²) in [6.45, 7) is 1.73. The Morgan fingerprint density at radius 3 is 2.74 bits per heavy atom. The largest absolute Gasteiger partial charge is 0.507 e. The highest BCUT2D eigenvalue weighted by Gasteiger charge is 2.20. The Balaban J connectivity index is 2.35. The van der Waals surface area contributed by atoms with Crippen LogP contribution in [0.1, 0.15) is 35.7 Å². The van der Waals surface area contributed by atoms with Gasteiger partial charge in [0.2, 0.25) is 0 Å². The first-order valence-corrected chi connectivity index (χ1v) is 7.53. The van der Waals surface area contributed by atoms with Crippen molar-refractivity contribution in [2.45, 2.75) is 38.4 Å². The number of phenols is 1. The van der Waals surface area contributed by atoms with E-state index in [1.807, 2.05) is 0 Å². The van der Waals surface area contributed by atoms with Crippen molar-refractivity contribution >= 4 is 11.8 Å². The van der Waals surface area contributed by atoms with Crippen LogP contribution in [0.15, 0.2) is 42.5 Å². The van der Waals surface area contributed by atoms with Crippen LogP contribution in [0.3, 0.4) is 0 Å². The average Bonchev–Trinajstić information content (AvgIpc) is 2.46. The third-order valence-corrected chi connectivity index (χ3v) is 3.51. The molecule has 0 fully saturated rings. The zero-order chi connectivity index (χ0) is 16.8. The predicted molar refractivity (Wildman–Crippen MR) is 85.2 cm³/mol. The van der Waals surface area contributed by atoms with Crippen molar-refractivity contribution < 1.29 is 24.5 Å². The van der Waals surface area contributed by atoms with Gasteiger partial charge in [0, 0.05) is 12.8 Å². The number of ether oxygens (including phenoxy) is 1. The minimum Gasteiger partial charge on any atom is -0.507 e. The monoisotopic (exact) mass is 316 g/mol. The number of carbonyl (C=O) groups is 2. The first-order valence-electron chi connectivity index (χ1n) is 7.53. The second kappa shape index (κ2) is 7.74. The third-order valence-electron chi connectivity index (χ3n) is 3.51. The van der Waals surface area contributed by atoms with Crippen LogP contribution in [-0.2, 0) is 16.0 Å². The summed E-state index contributed by atoms with van der Waals surface area (Å²) in [4.78, 5) is 24.3. The molecule has 1 aliphatic rings. The number of cyclic esters (lactones) is 1. The fourth-order valence-electron chi connectivity index (χ4n) is 2.35. The van der Waals surface area contributed by atoms with Gasteiger partial charge < -0.3 is 14.9 Å². The molecule has 1 unspecified atom stereocenters. The number of hydrogen-bond donors (Lipinski definition) is 2. The molecule has 122 valence electrons. The molecule has 1 aromatic rings. The van der Waals surface area contributed by atoms with Crippen LogP contribution in [0.5, 0.6) is 5.75 Å². The van der Waals surface area contributed by atoms with Gasteiger partial charge in [0.1, 0.15) is 17.4 Å². The van der Waals surface area contributed by atoms with E-state index in [2.05, 4.69) is 0 Å². The molecule has 0 bridgehead atoms. The molecule has 23 heavy (non-hydrogen) atoms. The molecule has 1 aliphatic heterocycles. The van der Waals surface area contributed by atoms with E-state index in [0.29, 0.717) is 18.4 Å². The molecular formula is C18H20O5. The standard InChI is InChI=1S/C18H20O5/c1-12-5-2-7-14(19)8-4-9-15(20)11-13-6-3-10-16(21)17(13)18(22)23-12/h2-4,6-7,9-10,12,14,19,21H,5,8,11H2,1H3/t12-,14?/m1/s1. The third kappa shape index (κ3) is 4.79. The summed E-state index contributed by atoms with van der Waals surface area (Å²) in [5.41, 5.74) is 0.451. The normalized spacial score (nSPS) is 23.0. The number of carbonyl (C=O) groups excluding carboxylic acids is 2. The van der Waals surface area contributed by atoms with E-state index in [1.165, 1.54) is 12.1 Å². The number of benzene rings is 1. The maximum Gasteiger partial charge on any atom is 0.342 e. The summed E-state index contributed by atoms with van der Waals surface area (Å²) >= 11 is 0. The molecule has 0 saturated heterocycles. The van der Waals surface area contributed by atoms with Gasteiger partial charge in [-0.2, -0.15) is 0 Å². The number of esters is 1. The molecule has 0 radical (unpaired) electrons. The summed E-state index contributed by atoms with van der Waals surface area (Å²) < 4.78 is 5.31. The average molecular weight is 316 g/mol. The minimum absolute atomic E-state index is 0.0182. The Labute approximate surface area is 134 Å². The van der Waals surface area contributed by atoms with Gasteiger partial charge in [0.15, 0.2) is 5.78 Å². The second-order valence-corrected chi connectivity index (χ2v) is 5.54. The molecule has 0 saturated carbocycles. The summed E-state index contributed by atoms with van der Waals surface area (Å²) in [6, 6.07) is 4.59. The van der Waals surface area contributed by atoms with E-state index >= 15 is 0 Å². The number of fused-ring (bicyclic) bond motifs is 1. The Hall–Kier alpha value is -2.40. The number of aromatic hydroxyl groups is 1. The summed E-state index contributed by atoms with van der Waals surface area (Å²) in [5.74, 6) is -1.08. The topological polar surface area (TPSA) is 83.8 Å². The number of allylic oxidation sites excluding steroid dienone is 1. The van der Waals surface area contributed by atoms with Crippen LogP contribution in [0, 0.1) is 0 Å². The van der Waals surface area contributed by atoms with E-state index in [-0.39, 0.29) is 23.5 Å². The van der Waals surface area contributed by atoms with Gasteiger partial charge in [-0.25, -0.2) is 4.79 Å². The molecule has 0 spiro atoms. The van der Waals surface area contributed by atoms with E-state index in [1.54, 1.807) is 37.3 Å². The number of aliphatic hydroxyl groups excluding tert-OH is 1. The Kier molecular flexibility index (Phi) is 5.71. The number of ketones is 1. The van der Waals surface area contributed by atoms with Gasteiger partial charge in [-0.15, -0.1) is 0 Å². The second-order valence-electron chi connectivity index (χ2n) is 5.54.